The van der Waals surface area contributed by atoms with Crippen molar-refractivity contribution < 1.29 is 18.3 Å². The molecule has 0 saturated heterocycles. The second kappa shape index (κ2) is 6.28. The first-order valence-electron chi connectivity index (χ1n) is 6.18. The molecule has 0 saturated carbocycles. The molecule has 0 aromatic heterocycles. The fraction of sp³-hybridized carbons (Fsp3) is 0.188. The Balaban J connectivity index is 2.13. The highest BCUT2D eigenvalue weighted by atomic mass is 19.1. The molecule has 20 heavy (non-hydrogen) atoms. The maximum absolute atomic E-state index is 13.5. The Bertz CT molecular complexity index is 603. The number of hydrogen-bond donors (Lipinski definition) is 0. The van der Waals surface area contributed by atoms with Crippen LogP contribution in [0.1, 0.15) is 11.1 Å². The molecule has 0 aliphatic rings. The van der Waals surface area contributed by atoms with Crippen LogP contribution in [-0.2, 0) is 17.6 Å². The van der Waals surface area contributed by atoms with E-state index in [4.69, 9.17) is 4.74 Å². The summed E-state index contributed by atoms with van der Waals surface area (Å²) in [7, 11) is 1.51. The van der Waals surface area contributed by atoms with E-state index in [1.54, 1.807) is 24.3 Å². The molecule has 0 radical (unpaired) electrons. The third kappa shape index (κ3) is 3.20. The van der Waals surface area contributed by atoms with Gasteiger partial charge in [-0.2, -0.15) is 0 Å². The molecule has 104 valence electrons. The van der Waals surface area contributed by atoms with Gasteiger partial charge >= 0.3 is 0 Å². The number of Topliss-reactive ketones (excluding diaryl/α,β-unsaturated/α-hetero) is 1. The SMILES string of the molecule is COc1ccccc1CC(=O)Cc1c(F)cccc1F. The van der Waals surface area contributed by atoms with Gasteiger partial charge < -0.3 is 4.74 Å². The van der Waals surface area contributed by atoms with E-state index >= 15 is 0 Å². The predicted octanol–water partition coefficient (Wildman–Crippen LogP) is 3.33. The quantitative estimate of drug-likeness (QED) is 0.837. The van der Waals surface area contributed by atoms with Crippen LogP contribution < -0.4 is 4.74 Å². The Hall–Kier alpha value is -2.23. The number of ether oxygens (including phenoxy) is 1. The van der Waals surface area contributed by atoms with E-state index in [-0.39, 0.29) is 24.2 Å². The van der Waals surface area contributed by atoms with Gasteiger partial charge in [0.2, 0.25) is 0 Å². The lowest BCUT2D eigenvalue weighted by Gasteiger charge is -2.08. The number of benzene rings is 2. The summed E-state index contributed by atoms with van der Waals surface area (Å²) in [5.41, 5.74) is 0.518. The monoisotopic (exact) mass is 276 g/mol. The molecule has 2 nitrogen and oxygen atoms in total. The van der Waals surface area contributed by atoms with Crippen molar-refractivity contribution in [2.24, 2.45) is 0 Å². The first-order valence-corrected chi connectivity index (χ1v) is 6.18. The van der Waals surface area contributed by atoms with Gasteiger partial charge in [-0.25, -0.2) is 8.78 Å². The molecule has 2 rings (SSSR count). The van der Waals surface area contributed by atoms with Crippen LogP contribution in [0, 0.1) is 11.6 Å². The molecule has 0 unspecified atom stereocenters. The van der Waals surface area contributed by atoms with Crippen LogP contribution in [0.25, 0.3) is 0 Å². The van der Waals surface area contributed by atoms with Crippen molar-refractivity contribution in [2.45, 2.75) is 12.8 Å². The average Bonchev–Trinajstić information content (AvgIpc) is 2.44. The maximum Gasteiger partial charge on any atom is 0.141 e. The minimum absolute atomic E-state index is 0.0811. The maximum atomic E-state index is 13.5. The standard InChI is InChI=1S/C16H14F2O2/c1-20-16-8-3-2-5-11(16)9-12(19)10-13-14(17)6-4-7-15(13)18/h2-8H,9-10H2,1H3. The summed E-state index contributed by atoms with van der Waals surface area (Å²) in [5, 5.41) is 0. The van der Waals surface area contributed by atoms with Crippen molar-refractivity contribution in [1.29, 1.82) is 0 Å². The highest BCUT2D eigenvalue weighted by molar-refractivity contribution is 5.83. The van der Waals surface area contributed by atoms with Crippen molar-refractivity contribution >= 4 is 5.78 Å². The molecule has 0 aliphatic carbocycles. The van der Waals surface area contributed by atoms with E-state index in [1.807, 2.05) is 0 Å². The number of hydrogen-bond acceptors (Lipinski definition) is 2. The molecule has 0 heterocycles. The molecule has 0 atom stereocenters. The fourth-order valence-electron chi connectivity index (χ4n) is 2.02. The molecule has 0 fully saturated rings. The summed E-state index contributed by atoms with van der Waals surface area (Å²) in [6.07, 6.45) is -0.186. The lowest BCUT2D eigenvalue weighted by Crippen LogP contribution is -2.10. The van der Waals surface area contributed by atoms with E-state index in [0.717, 1.165) is 12.1 Å². The highest BCUT2D eigenvalue weighted by Gasteiger charge is 2.14. The van der Waals surface area contributed by atoms with Crippen LogP contribution in [0.15, 0.2) is 42.5 Å². The summed E-state index contributed by atoms with van der Waals surface area (Å²) >= 11 is 0. The van der Waals surface area contributed by atoms with E-state index < -0.39 is 11.6 Å². The van der Waals surface area contributed by atoms with Gasteiger partial charge in [-0.3, -0.25) is 4.79 Å². The molecule has 0 N–H and O–H groups in total. The Morgan fingerprint density at radius 1 is 1.00 bits per heavy atom. The second-order valence-electron chi connectivity index (χ2n) is 4.40. The molecular formula is C16H14F2O2. The second-order valence-corrected chi connectivity index (χ2v) is 4.40. The van der Waals surface area contributed by atoms with Crippen molar-refractivity contribution in [2.75, 3.05) is 7.11 Å². The van der Waals surface area contributed by atoms with Gasteiger partial charge in [-0.1, -0.05) is 24.3 Å². The number of halogens is 2. The number of ketones is 1. The zero-order valence-corrected chi connectivity index (χ0v) is 11.0. The molecule has 0 amide bonds. The number of methoxy groups -OCH3 is 1. The van der Waals surface area contributed by atoms with Gasteiger partial charge in [0.05, 0.1) is 7.11 Å². The van der Waals surface area contributed by atoms with Crippen LogP contribution in [0.5, 0.6) is 5.75 Å². The van der Waals surface area contributed by atoms with Gasteiger partial charge in [-0.15, -0.1) is 0 Å². The van der Waals surface area contributed by atoms with Gasteiger partial charge in [0.25, 0.3) is 0 Å². The largest absolute Gasteiger partial charge is 0.496 e. The fourth-order valence-corrected chi connectivity index (χ4v) is 2.02. The minimum Gasteiger partial charge on any atom is -0.496 e. The van der Waals surface area contributed by atoms with Crippen LogP contribution in [0.4, 0.5) is 8.78 Å². The van der Waals surface area contributed by atoms with Crippen LogP contribution in [0.2, 0.25) is 0 Å². The van der Waals surface area contributed by atoms with Gasteiger partial charge in [-0.05, 0) is 18.2 Å². The predicted molar refractivity (Wildman–Crippen MR) is 71.8 cm³/mol. The molecule has 0 spiro atoms. The zero-order valence-electron chi connectivity index (χ0n) is 11.0. The van der Waals surface area contributed by atoms with Crippen LogP contribution >= 0.6 is 0 Å². The Kier molecular flexibility index (Phi) is 4.45. The van der Waals surface area contributed by atoms with Gasteiger partial charge in [0.15, 0.2) is 0 Å². The van der Waals surface area contributed by atoms with Gasteiger partial charge in [0.1, 0.15) is 23.2 Å². The number of para-hydroxylation sites is 1. The van der Waals surface area contributed by atoms with E-state index in [1.165, 1.54) is 13.2 Å². The summed E-state index contributed by atoms with van der Waals surface area (Å²) in [4.78, 5) is 12.0. The lowest BCUT2D eigenvalue weighted by molar-refractivity contribution is -0.117. The van der Waals surface area contributed by atoms with Crippen molar-refractivity contribution in [3.63, 3.8) is 0 Å². The lowest BCUT2D eigenvalue weighted by atomic mass is 10.0. The summed E-state index contributed by atoms with van der Waals surface area (Å²) in [6.45, 7) is 0. The molecule has 0 aliphatic heterocycles. The Morgan fingerprint density at radius 2 is 1.65 bits per heavy atom. The third-order valence-corrected chi connectivity index (χ3v) is 3.02. The summed E-state index contributed by atoms with van der Waals surface area (Å²) < 4.78 is 32.1. The zero-order chi connectivity index (χ0) is 14.5. The van der Waals surface area contributed by atoms with E-state index in [2.05, 4.69) is 0 Å². The number of carbonyl (C=O) groups is 1. The van der Waals surface area contributed by atoms with E-state index in [0.29, 0.717) is 11.3 Å². The molecule has 2 aromatic rings. The number of carbonyl (C=O) groups excluding carboxylic acids is 1. The molecule has 2 aromatic carbocycles. The molecule has 4 heteroatoms. The molecule has 0 bridgehead atoms. The average molecular weight is 276 g/mol. The third-order valence-electron chi connectivity index (χ3n) is 3.02. The van der Waals surface area contributed by atoms with Crippen molar-refractivity contribution in [3.8, 4) is 5.75 Å². The topological polar surface area (TPSA) is 26.3 Å². The smallest absolute Gasteiger partial charge is 0.141 e. The number of rotatable bonds is 5. The van der Waals surface area contributed by atoms with E-state index in [9.17, 15) is 13.6 Å². The summed E-state index contributed by atoms with van der Waals surface area (Å²) in [5.74, 6) is -1.06. The van der Waals surface area contributed by atoms with Crippen molar-refractivity contribution in [1.82, 2.24) is 0 Å². The van der Waals surface area contributed by atoms with Crippen molar-refractivity contribution in [3.05, 3.63) is 65.2 Å². The van der Waals surface area contributed by atoms with Gasteiger partial charge in [0, 0.05) is 24.0 Å². The Labute approximate surface area is 116 Å². The first-order chi connectivity index (χ1) is 9.61. The molecular weight excluding hydrogens is 262 g/mol. The minimum atomic E-state index is -0.696. The normalized spacial score (nSPS) is 10.3. The summed E-state index contributed by atoms with van der Waals surface area (Å²) in [6, 6.07) is 10.7. The first kappa shape index (κ1) is 14.2. The Morgan fingerprint density at radius 3 is 2.30 bits per heavy atom. The van der Waals surface area contributed by atoms with Crippen LogP contribution in [-0.4, -0.2) is 12.9 Å². The highest BCUT2D eigenvalue weighted by Crippen LogP contribution is 2.19. The van der Waals surface area contributed by atoms with Crippen LogP contribution in [0.3, 0.4) is 0 Å².